The van der Waals surface area contributed by atoms with Gasteiger partial charge in [-0.3, -0.25) is 4.90 Å². The first-order valence-electron chi connectivity index (χ1n) is 10.5. The first-order valence-corrected chi connectivity index (χ1v) is 10.5. The van der Waals surface area contributed by atoms with E-state index in [0.29, 0.717) is 5.41 Å². The SMILES string of the molecule is CN(C)C1(c2ccccc2)CCC2(CCCc3c2[nH]c2ccccc32)CC1. The van der Waals surface area contributed by atoms with Gasteiger partial charge in [0.05, 0.1) is 0 Å². The Morgan fingerprint density at radius 1 is 0.815 bits per heavy atom. The number of hydrogen-bond donors (Lipinski definition) is 1. The molecule has 2 aromatic carbocycles. The maximum Gasteiger partial charge on any atom is 0.0459 e. The van der Waals surface area contributed by atoms with Crippen LogP contribution in [0, 0.1) is 0 Å². The van der Waals surface area contributed by atoms with Crippen LogP contribution in [0.25, 0.3) is 10.9 Å². The monoisotopic (exact) mass is 358 g/mol. The number of para-hydroxylation sites is 1. The van der Waals surface area contributed by atoms with E-state index in [9.17, 15) is 0 Å². The minimum atomic E-state index is 0.177. The normalized spacial score (nSPS) is 28.0. The average molecular weight is 359 g/mol. The van der Waals surface area contributed by atoms with E-state index in [-0.39, 0.29) is 5.54 Å². The molecule has 2 nitrogen and oxygen atoms in total. The van der Waals surface area contributed by atoms with Crippen molar-refractivity contribution in [3.8, 4) is 0 Å². The predicted molar refractivity (Wildman–Crippen MR) is 113 cm³/mol. The zero-order chi connectivity index (χ0) is 18.5. The number of hydrogen-bond acceptors (Lipinski definition) is 1. The predicted octanol–water partition coefficient (Wildman–Crippen LogP) is 5.77. The first-order chi connectivity index (χ1) is 13.1. The van der Waals surface area contributed by atoms with Gasteiger partial charge in [0.2, 0.25) is 0 Å². The molecule has 140 valence electrons. The lowest BCUT2D eigenvalue weighted by Crippen LogP contribution is -2.48. The topological polar surface area (TPSA) is 19.0 Å². The van der Waals surface area contributed by atoms with Gasteiger partial charge in [-0.2, -0.15) is 0 Å². The minimum absolute atomic E-state index is 0.177. The molecule has 0 unspecified atom stereocenters. The molecule has 5 rings (SSSR count). The van der Waals surface area contributed by atoms with Crippen LogP contribution in [0.5, 0.6) is 0 Å². The van der Waals surface area contributed by atoms with Gasteiger partial charge in [0.25, 0.3) is 0 Å². The Morgan fingerprint density at radius 3 is 2.26 bits per heavy atom. The van der Waals surface area contributed by atoms with Crippen LogP contribution in [0.2, 0.25) is 0 Å². The molecule has 1 aromatic heterocycles. The van der Waals surface area contributed by atoms with E-state index in [4.69, 9.17) is 0 Å². The summed E-state index contributed by atoms with van der Waals surface area (Å²) >= 11 is 0. The van der Waals surface area contributed by atoms with Crippen molar-refractivity contribution in [3.63, 3.8) is 0 Å². The Hall–Kier alpha value is -2.06. The summed E-state index contributed by atoms with van der Waals surface area (Å²) in [5.41, 5.74) is 6.51. The number of benzene rings is 2. The molecule has 2 heteroatoms. The number of aryl methyl sites for hydroxylation is 1. The van der Waals surface area contributed by atoms with Gasteiger partial charge in [0.1, 0.15) is 0 Å². The van der Waals surface area contributed by atoms with E-state index in [2.05, 4.69) is 78.6 Å². The molecule has 3 aromatic rings. The number of rotatable bonds is 2. The number of fused-ring (bicyclic) bond motifs is 4. The molecular weight excluding hydrogens is 328 g/mol. The fourth-order valence-corrected chi connectivity index (χ4v) is 6.03. The average Bonchev–Trinajstić information content (AvgIpc) is 3.10. The summed E-state index contributed by atoms with van der Waals surface area (Å²) in [7, 11) is 4.53. The smallest absolute Gasteiger partial charge is 0.0459 e. The van der Waals surface area contributed by atoms with Crippen LogP contribution in [0.1, 0.15) is 55.3 Å². The summed E-state index contributed by atoms with van der Waals surface area (Å²) in [6.45, 7) is 0. The van der Waals surface area contributed by atoms with Crippen molar-refractivity contribution in [1.82, 2.24) is 9.88 Å². The lowest BCUT2D eigenvalue weighted by molar-refractivity contribution is 0.0579. The molecule has 1 N–H and O–H groups in total. The van der Waals surface area contributed by atoms with Crippen LogP contribution in [-0.2, 0) is 17.4 Å². The summed E-state index contributed by atoms with van der Waals surface area (Å²) in [6.07, 6.45) is 8.93. The second kappa shape index (κ2) is 6.24. The van der Waals surface area contributed by atoms with Gasteiger partial charge in [-0.05, 0) is 76.2 Å². The van der Waals surface area contributed by atoms with Gasteiger partial charge in [-0.25, -0.2) is 0 Å². The molecule has 2 aliphatic rings. The molecule has 0 atom stereocenters. The standard InChI is InChI=1S/C25H30N2/c1-27(2)25(19-9-4-3-5-10-19)17-15-24(16-18-25)14-8-12-21-20-11-6-7-13-22(20)26-23(21)24/h3-7,9-11,13,26H,8,12,14-18H2,1-2H3. The van der Waals surface area contributed by atoms with Crippen LogP contribution in [-0.4, -0.2) is 24.0 Å². The van der Waals surface area contributed by atoms with Crippen molar-refractivity contribution in [2.75, 3.05) is 14.1 Å². The van der Waals surface area contributed by atoms with E-state index >= 15 is 0 Å². The molecule has 1 fully saturated rings. The summed E-state index contributed by atoms with van der Waals surface area (Å²) < 4.78 is 0. The molecule has 0 saturated heterocycles. The molecule has 1 heterocycles. The van der Waals surface area contributed by atoms with E-state index in [1.807, 2.05) is 0 Å². The minimum Gasteiger partial charge on any atom is -0.358 e. The van der Waals surface area contributed by atoms with Crippen LogP contribution in [0.3, 0.4) is 0 Å². The molecule has 2 aliphatic carbocycles. The van der Waals surface area contributed by atoms with E-state index in [1.54, 1.807) is 11.3 Å². The summed E-state index contributed by atoms with van der Waals surface area (Å²) in [5, 5.41) is 1.46. The molecule has 0 amide bonds. The molecule has 27 heavy (non-hydrogen) atoms. The fourth-order valence-electron chi connectivity index (χ4n) is 6.03. The number of nitrogens with one attached hydrogen (secondary N) is 1. The van der Waals surface area contributed by atoms with Gasteiger partial charge in [-0.15, -0.1) is 0 Å². The third-order valence-electron chi connectivity index (χ3n) is 7.63. The lowest BCUT2D eigenvalue weighted by Gasteiger charge is -2.51. The van der Waals surface area contributed by atoms with Crippen molar-refractivity contribution in [3.05, 3.63) is 71.4 Å². The third-order valence-corrected chi connectivity index (χ3v) is 7.63. The Bertz CT molecular complexity index is 943. The molecular formula is C25H30N2. The van der Waals surface area contributed by atoms with Crippen molar-refractivity contribution in [1.29, 1.82) is 0 Å². The van der Waals surface area contributed by atoms with Gasteiger partial charge >= 0.3 is 0 Å². The number of aromatic amines is 1. The van der Waals surface area contributed by atoms with E-state index in [0.717, 1.165) is 0 Å². The second-order valence-electron chi connectivity index (χ2n) is 8.95. The van der Waals surface area contributed by atoms with Crippen LogP contribution < -0.4 is 0 Å². The Morgan fingerprint density at radius 2 is 1.52 bits per heavy atom. The maximum atomic E-state index is 3.86. The zero-order valence-corrected chi connectivity index (χ0v) is 16.6. The van der Waals surface area contributed by atoms with Gasteiger partial charge in [-0.1, -0.05) is 48.5 Å². The van der Waals surface area contributed by atoms with Crippen LogP contribution in [0.4, 0.5) is 0 Å². The highest BCUT2D eigenvalue weighted by Gasteiger charge is 2.48. The third kappa shape index (κ3) is 2.50. The Kier molecular flexibility index (Phi) is 3.94. The number of H-pyrrole nitrogens is 1. The zero-order valence-electron chi connectivity index (χ0n) is 16.6. The highest BCUT2D eigenvalue weighted by Crippen LogP contribution is 2.54. The molecule has 1 spiro atoms. The fraction of sp³-hybridized carbons (Fsp3) is 0.440. The van der Waals surface area contributed by atoms with E-state index in [1.165, 1.54) is 61.4 Å². The van der Waals surface area contributed by atoms with Gasteiger partial charge in [0, 0.05) is 27.6 Å². The summed E-state index contributed by atoms with van der Waals surface area (Å²) in [6, 6.07) is 20.1. The highest BCUT2D eigenvalue weighted by molar-refractivity contribution is 5.85. The Labute approximate surface area is 162 Å². The molecule has 1 saturated carbocycles. The van der Waals surface area contributed by atoms with Crippen molar-refractivity contribution < 1.29 is 0 Å². The highest BCUT2D eigenvalue weighted by atomic mass is 15.1. The second-order valence-corrected chi connectivity index (χ2v) is 8.95. The van der Waals surface area contributed by atoms with Gasteiger partial charge in [0.15, 0.2) is 0 Å². The Balaban J connectivity index is 1.53. The van der Waals surface area contributed by atoms with E-state index < -0.39 is 0 Å². The van der Waals surface area contributed by atoms with Crippen molar-refractivity contribution in [2.45, 2.75) is 55.9 Å². The van der Waals surface area contributed by atoms with Crippen LogP contribution in [0.15, 0.2) is 54.6 Å². The molecule has 0 radical (unpaired) electrons. The molecule has 0 bridgehead atoms. The largest absolute Gasteiger partial charge is 0.358 e. The lowest BCUT2D eigenvalue weighted by atomic mass is 9.59. The van der Waals surface area contributed by atoms with Crippen molar-refractivity contribution in [2.24, 2.45) is 0 Å². The van der Waals surface area contributed by atoms with Gasteiger partial charge < -0.3 is 4.98 Å². The van der Waals surface area contributed by atoms with Crippen LogP contribution >= 0.6 is 0 Å². The summed E-state index contributed by atoms with van der Waals surface area (Å²) in [4.78, 5) is 6.34. The maximum absolute atomic E-state index is 3.86. The summed E-state index contributed by atoms with van der Waals surface area (Å²) in [5.74, 6) is 0. The first kappa shape index (κ1) is 17.1. The molecule has 0 aliphatic heterocycles. The number of aromatic nitrogens is 1. The quantitative estimate of drug-likeness (QED) is 0.616. The number of nitrogens with zero attached hydrogens (tertiary/aromatic N) is 1. The van der Waals surface area contributed by atoms with Crippen molar-refractivity contribution >= 4 is 10.9 Å².